The molecule has 0 radical (unpaired) electrons. The van der Waals surface area contributed by atoms with E-state index in [4.69, 9.17) is 5.11 Å². The van der Waals surface area contributed by atoms with Crippen molar-refractivity contribution in [1.29, 1.82) is 0 Å². The van der Waals surface area contributed by atoms with E-state index in [9.17, 15) is 0 Å². The molecule has 1 aliphatic heterocycles. The van der Waals surface area contributed by atoms with Gasteiger partial charge in [-0.15, -0.1) is 0 Å². The number of nitrogens with zero attached hydrogens (tertiary/aromatic N) is 2. The number of likely N-dealkylation sites (N-methyl/N-ethyl adjacent to an activating group) is 1. The third kappa shape index (κ3) is 5.50. The Bertz CT molecular complexity index is 145. The van der Waals surface area contributed by atoms with Gasteiger partial charge < -0.3 is 14.9 Å². The molecule has 1 saturated heterocycles. The minimum absolute atomic E-state index is 0.356. The molecule has 0 aromatic rings. The summed E-state index contributed by atoms with van der Waals surface area (Å²) in [5.41, 5.74) is 0. The highest BCUT2D eigenvalue weighted by atomic mass is 16.2. The van der Waals surface area contributed by atoms with Gasteiger partial charge in [-0.25, -0.2) is 0 Å². The second-order valence-electron chi connectivity index (χ2n) is 4.41. The molecule has 1 fully saturated rings. The van der Waals surface area contributed by atoms with Crippen molar-refractivity contribution in [2.45, 2.75) is 32.6 Å². The van der Waals surface area contributed by atoms with E-state index in [0.717, 1.165) is 6.42 Å². The zero-order valence-electron chi connectivity index (χ0n) is 10.1. The molecule has 0 bridgehead atoms. The van der Waals surface area contributed by atoms with Gasteiger partial charge in [-0.05, 0) is 25.9 Å². The van der Waals surface area contributed by atoms with E-state index >= 15 is 0 Å². The molecule has 0 aromatic heterocycles. The monoisotopic (exact) mass is 214 g/mol. The molecular weight excluding hydrogens is 188 g/mol. The van der Waals surface area contributed by atoms with Crippen molar-refractivity contribution in [2.24, 2.45) is 0 Å². The molecule has 3 nitrogen and oxygen atoms in total. The van der Waals surface area contributed by atoms with E-state index in [2.05, 4.69) is 16.7 Å². The van der Waals surface area contributed by atoms with E-state index in [1.807, 2.05) is 0 Å². The molecule has 0 aromatic carbocycles. The lowest BCUT2D eigenvalue weighted by atomic mass is 10.2. The number of unbranched alkanes of at least 4 members (excludes halogenated alkanes) is 3. The summed E-state index contributed by atoms with van der Waals surface area (Å²) in [6.07, 6.45) is 4.73. The Kier molecular flexibility index (Phi) is 6.98. The second kappa shape index (κ2) is 8.08. The van der Waals surface area contributed by atoms with E-state index in [-0.39, 0.29) is 0 Å². The average molecular weight is 214 g/mol. The fourth-order valence-electron chi connectivity index (χ4n) is 2.13. The number of rotatable bonds is 7. The molecule has 0 amide bonds. The standard InChI is InChI=1S/C12H26N2O/c1-2-13-8-10-14(11-9-13)7-5-3-4-6-12-15/h15H,2-12H2,1H3. The summed E-state index contributed by atoms with van der Waals surface area (Å²) in [6, 6.07) is 0. The fourth-order valence-corrected chi connectivity index (χ4v) is 2.13. The first kappa shape index (κ1) is 12.9. The number of piperazine rings is 1. The van der Waals surface area contributed by atoms with Crippen LogP contribution in [0.2, 0.25) is 0 Å². The summed E-state index contributed by atoms with van der Waals surface area (Å²) in [7, 11) is 0. The molecule has 1 heterocycles. The highest BCUT2D eigenvalue weighted by Crippen LogP contribution is 2.05. The maximum atomic E-state index is 8.65. The minimum Gasteiger partial charge on any atom is -0.396 e. The Balaban J connectivity index is 1.94. The molecule has 15 heavy (non-hydrogen) atoms. The summed E-state index contributed by atoms with van der Waals surface area (Å²) < 4.78 is 0. The molecule has 1 N–H and O–H groups in total. The summed E-state index contributed by atoms with van der Waals surface area (Å²) in [5, 5.41) is 8.65. The van der Waals surface area contributed by atoms with Gasteiger partial charge in [0.25, 0.3) is 0 Å². The Morgan fingerprint density at radius 3 is 2.07 bits per heavy atom. The van der Waals surface area contributed by atoms with E-state index < -0.39 is 0 Å². The lowest BCUT2D eigenvalue weighted by molar-refractivity contribution is 0.135. The van der Waals surface area contributed by atoms with Crippen LogP contribution in [0.25, 0.3) is 0 Å². The maximum Gasteiger partial charge on any atom is 0.0431 e. The predicted molar refractivity (Wildman–Crippen MR) is 64.1 cm³/mol. The van der Waals surface area contributed by atoms with Crippen molar-refractivity contribution in [3.63, 3.8) is 0 Å². The zero-order valence-corrected chi connectivity index (χ0v) is 10.1. The van der Waals surface area contributed by atoms with Crippen LogP contribution < -0.4 is 0 Å². The number of aliphatic hydroxyl groups excluding tert-OH is 1. The van der Waals surface area contributed by atoms with Crippen LogP contribution in [0.3, 0.4) is 0 Å². The van der Waals surface area contributed by atoms with Crippen LogP contribution in [0, 0.1) is 0 Å². The molecule has 0 aliphatic carbocycles. The smallest absolute Gasteiger partial charge is 0.0431 e. The first-order valence-corrected chi connectivity index (χ1v) is 6.42. The summed E-state index contributed by atoms with van der Waals surface area (Å²) in [4.78, 5) is 5.09. The molecule has 1 rings (SSSR count). The SMILES string of the molecule is CCN1CCN(CCCCCCO)CC1. The lowest BCUT2D eigenvalue weighted by Gasteiger charge is -2.33. The van der Waals surface area contributed by atoms with Gasteiger partial charge >= 0.3 is 0 Å². The first-order valence-electron chi connectivity index (χ1n) is 6.42. The van der Waals surface area contributed by atoms with E-state index in [1.54, 1.807) is 0 Å². The van der Waals surface area contributed by atoms with Gasteiger partial charge in [0.2, 0.25) is 0 Å². The van der Waals surface area contributed by atoms with Crippen molar-refractivity contribution in [2.75, 3.05) is 45.9 Å². The van der Waals surface area contributed by atoms with Gasteiger partial charge in [-0.1, -0.05) is 19.8 Å². The highest BCUT2D eigenvalue weighted by Gasteiger charge is 2.14. The molecule has 3 heteroatoms. The lowest BCUT2D eigenvalue weighted by Crippen LogP contribution is -2.46. The summed E-state index contributed by atoms with van der Waals surface area (Å²) in [5.74, 6) is 0. The Labute approximate surface area is 94.1 Å². The fraction of sp³-hybridized carbons (Fsp3) is 1.00. The van der Waals surface area contributed by atoms with E-state index in [1.165, 1.54) is 58.5 Å². The van der Waals surface area contributed by atoms with Gasteiger partial charge in [-0.2, -0.15) is 0 Å². The Morgan fingerprint density at radius 2 is 1.47 bits per heavy atom. The Hall–Kier alpha value is -0.120. The molecule has 0 saturated carbocycles. The quantitative estimate of drug-likeness (QED) is 0.645. The maximum absolute atomic E-state index is 8.65. The van der Waals surface area contributed by atoms with Crippen LogP contribution in [-0.4, -0.2) is 60.8 Å². The van der Waals surface area contributed by atoms with Crippen LogP contribution in [-0.2, 0) is 0 Å². The normalized spacial score (nSPS) is 19.6. The highest BCUT2D eigenvalue weighted by molar-refractivity contribution is 4.70. The average Bonchev–Trinajstić information content (AvgIpc) is 2.30. The van der Waals surface area contributed by atoms with Crippen LogP contribution >= 0.6 is 0 Å². The molecule has 0 spiro atoms. The van der Waals surface area contributed by atoms with Crippen LogP contribution in [0.1, 0.15) is 32.6 Å². The van der Waals surface area contributed by atoms with Crippen LogP contribution in [0.4, 0.5) is 0 Å². The minimum atomic E-state index is 0.356. The van der Waals surface area contributed by atoms with Crippen molar-refractivity contribution in [1.82, 2.24) is 9.80 Å². The van der Waals surface area contributed by atoms with Gasteiger partial charge in [0.1, 0.15) is 0 Å². The second-order valence-corrected chi connectivity index (χ2v) is 4.41. The van der Waals surface area contributed by atoms with Gasteiger partial charge in [0, 0.05) is 32.8 Å². The molecule has 0 atom stereocenters. The van der Waals surface area contributed by atoms with Crippen LogP contribution in [0.15, 0.2) is 0 Å². The Morgan fingerprint density at radius 1 is 0.867 bits per heavy atom. The zero-order chi connectivity index (χ0) is 10.9. The summed E-state index contributed by atoms with van der Waals surface area (Å²) in [6.45, 7) is 10.0. The predicted octanol–water partition coefficient (Wildman–Crippen LogP) is 1.18. The first-order chi connectivity index (χ1) is 7.36. The van der Waals surface area contributed by atoms with Crippen LogP contribution in [0.5, 0.6) is 0 Å². The molecule has 90 valence electrons. The van der Waals surface area contributed by atoms with E-state index in [0.29, 0.717) is 6.61 Å². The van der Waals surface area contributed by atoms with Crippen molar-refractivity contribution in [3.05, 3.63) is 0 Å². The van der Waals surface area contributed by atoms with Crippen molar-refractivity contribution >= 4 is 0 Å². The van der Waals surface area contributed by atoms with Crippen molar-refractivity contribution in [3.8, 4) is 0 Å². The molecule has 0 unspecified atom stereocenters. The number of aliphatic hydroxyl groups is 1. The third-order valence-electron chi connectivity index (χ3n) is 3.29. The van der Waals surface area contributed by atoms with Gasteiger partial charge in [0.15, 0.2) is 0 Å². The van der Waals surface area contributed by atoms with Gasteiger partial charge in [-0.3, -0.25) is 0 Å². The number of hydrogen-bond acceptors (Lipinski definition) is 3. The van der Waals surface area contributed by atoms with Crippen molar-refractivity contribution < 1.29 is 5.11 Å². The number of hydrogen-bond donors (Lipinski definition) is 1. The molecule has 1 aliphatic rings. The summed E-state index contributed by atoms with van der Waals surface area (Å²) >= 11 is 0. The largest absolute Gasteiger partial charge is 0.396 e. The third-order valence-corrected chi connectivity index (χ3v) is 3.29. The topological polar surface area (TPSA) is 26.7 Å². The van der Waals surface area contributed by atoms with Gasteiger partial charge in [0.05, 0.1) is 0 Å². The molecular formula is C12H26N2O.